The molecule has 0 bridgehead atoms. The Labute approximate surface area is 55.4 Å². The smallest absolute Gasteiger partial charge is 0.106 e. The predicted molar refractivity (Wildman–Crippen MR) is 35.4 cm³/mol. The molecule has 0 aromatic carbocycles. The van der Waals surface area contributed by atoms with Crippen LogP contribution in [0, 0.1) is 0 Å². The second-order valence-corrected chi connectivity index (χ2v) is 1.93. The van der Waals surface area contributed by atoms with E-state index >= 15 is 0 Å². The Morgan fingerprint density at radius 3 is 2.56 bits per heavy atom. The van der Waals surface area contributed by atoms with E-state index in [1.807, 2.05) is 6.79 Å². The van der Waals surface area contributed by atoms with E-state index in [0.717, 1.165) is 19.8 Å². The second kappa shape index (κ2) is 5.72. The van der Waals surface area contributed by atoms with Crippen molar-refractivity contribution in [1.82, 2.24) is 5.32 Å². The SMILES string of the molecule is C=O.C[C@@H]1COCCN1. The van der Waals surface area contributed by atoms with Gasteiger partial charge in [-0.3, -0.25) is 0 Å². The fourth-order valence-corrected chi connectivity index (χ4v) is 0.697. The van der Waals surface area contributed by atoms with Crippen molar-refractivity contribution >= 4 is 6.79 Å². The Morgan fingerprint density at radius 2 is 2.33 bits per heavy atom. The molecule has 9 heavy (non-hydrogen) atoms. The van der Waals surface area contributed by atoms with E-state index in [1.165, 1.54) is 0 Å². The maximum Gasteiger partial charge on any atom is 0.106 e. The molecule has 0 aromatic rings. The van der Waals surface area contributed by atoms with Gasteiger partial charge >= 0.3 is 0 Å². The number of carbonyl (C=O) groups is 1. The van der Waals surface area contributed by atoms with Crippen LogP contribution in [0.5, 0.6) is 0 Å². The zero-order valence-corrected chi connectivity index (χ0v) is 5.72. The molecule has 1 aliphatic rings. The highest BCUT2D eigenvalue weighted by molar-refractivity contribution is 5.10. The van der Waals surface area contributed by atoms with Crippen LogP contribution >= 0.6 is 0 Å². The first-order chi connectivity index (χ1) is 4.39. The number of rotatable bonds is 0. The average molecular weight is 131 g/mol. The quantitative estimate of drug-likeness (QED) is 0.495. The van der Waals surface area contributed by atoms with Gasteiger partial charge < -0.3 is 14.8 Å². The summed E-state index contributed by atoms with van der Waals surface area (Å²) in [6.07, 6.45) is 0. The molecule has 1 N–H and O–H groups in total. The van der Waals surface area contributed by atoms with E-state index in [2.05, 4.69) is 12.2 Å². The van der Waals surface area contributed by atoms with Crippen LogP contribution in [0.4, 0.5) is 0 Å². The summed E-state index contributed by atoms with van der Waals surface area (Å²) in [6, 6.07) is 0.564. The average Bonchev–Trinajstić information content (AvgIpc) is 1.94. The molecule has 54 valence electrons. The highest BCUT2D eigenvalue weighted by atomic mass is 16.5. The van der Waals surface area contributed by atoms with Gasteiger partial charge in [0.05, 0.1) is 13.2 Å². The van der Waals surface area contributed by atoms with Crippen LogP contribution in [-0.4, -0.2) is 32.6 Å². The van der Waals surface area contributed by atoms with Crippen molar-refractivity contribution in [3.63, 3.8) is 0 Å². The fraction of sp³-hybridized carbons (Fsp3) is 0.833. The second-order valence-electron chi connectivity index (χ2n) is 1.93. The lowest BCUT2D eigenvalue weighted by Gasteiger charge is -2.19. The topological polar surface area (TPSA) is 38.3 Å². The summed E-state index contributed by atoms with van der Waals surface area (Å²) in [5, 5.41) is 3.26. The molecule has 0 aromatic heterocycles. The van der Waals surface area contributed by atoms with E-state index < -0.39 is 0 Å². The molecule has 3 nitrogen and oxygen atoms in total. The third-order valence-corrected chi connectivity index (χ3v) is 1.11. The van der Waals surface area contributed by atoms with Gasteiger partial charge in [-0.1, -0.05) is 0 Å². The molecule has 0 amide bonds. The normalized spacial score (nSPS) is 26.1. The van der Waals surface area contributed by atoms with Gasteiger partial charge in [-0.05, 0) is 6.92 Å². The Balaban J connectivity index is 0.000000291. The van der Waals surface area contributed by atoms with E-state index in [9.17, 15) is 0 Å². The number of carbonyl (C=O) groups excluding carboxylic acids is 1. The molecule has 1 aliphatic heterocycles. The van der Waals surface area contributed by atoms with Crippen LogP contribution < -0.4 is 5.32 Å². The molecule has 1 fully saturated rings. The van der Waals surface area contributed by atoms with E-state index in [0.29, 0.717) is 6.04 Å². The van der Waals surface area contributed by atoms with E-state index in [4.69, 9.17) is 9.53 Å². The van der Waals surface area contributed by atoms with Crippen molar-refractivity contribution < 1.29 is 9.53 Å². The molecule has 0 radical (unpaired) electrons. The Morgan fingerprint density at radius 1 is 1.67 bits per heavy atom. The van der Waals surface area contributed by atoms with Gasteiger partial charge in [-0.2, -0.15) is 0 Å². The lowest BCUT2D eigenvalue weighted by atomic mass is 10.3. The molecule has 1 atom stereocenters. The maximum absolute atomic E-state index is 8.00. The molecular formula is C6H13NO2. The minimum atomic E-state index is 0.564. The summed E-state index contributed by atoms with van der Waals surface area (Å²) in [5.74, 6) is 0. The Kier molecular flexibility index (Phi) is 5.46. The summed E-state index contributed by atoms with van der Waals surface area (Å²) in [7, 11) is 0. The zero-order chi connectivity index (χ0) is 7.11. The van der Waals surface area contributed by atoms with Crippen LogP contribution in [0.25, 0.3) is 0 Å². The van der Waals surface area contributed by atoms with Crippen LogP contribution in [0.1, 0.15) is 6.92 Å². The standard InChI is InChI=1S/C5H11NO.CH2O/c1-5-4-7-3-2-6-5;1-2/h5-6H,2-4H2,1H3;1H2/t5-;/m1./s1. The molecule has 0 aliphatic carbocycles. The van der Waals surface area contributed by atoms with E-state index in [1.54, 1.807) is 0 Å². The summed E-state index contributed by atoms with van der Waals surface area (Å²) in [4.78, 5) is 8.00. The van der Waals surface area contributed by atoms with E-state index in [-0.39, 0.29) is 0 Å². The summed E-state index contributed by atoms with van der Waals surface area (Å²) >= 11 is 0. The first kappa shape index (κ1) is 8.59. The Bertz CT molecular complexity index is 62.1. The van der Waals surface area contributed by atoms with Crippen molar-refractivity contribution in [2.75, 3.05) is 19.8 Å². The van der Waals surface area contributed by atoms with Gasteiger partial charge in [-0.25, -0.2) is 0 Å². The third kappa shape index (κ3) is 4.12. The van der Waals surface area contributed by atoms with Gasteiger partial charge in [-0.15, -0.1) is 0 Å². The minimum absolute atomic E-state index is 0.564. The predicted octanol–water partition coefficient (Wildman–Crippen LogP) is -0.190. The number of hydrogen-bond acceptors (Lipinski definition) is 3. The minimum Gasteiger partial charge on any atom is -0.379 e. The fourth-order valence-electron chi connectivity index (χ4n) is 0.697. The van der Waals surface area contributed by atoms with Crippen molar-refractivity contribution in [3.8, 4) is 0 Å². The summed E-state index contributed by atoms with van der Waals surface area (Å²) in [5.41, 5.74) is 0. The van der Waals surface area contributed by atoms with Crippen LogP contribution in [0.2, 0.25) is 0 Å². The number of hydrogen-bond donors (Lipinski definition) is 1. The number of ether oxygens (including phenoxy) is 1. The number of morpholine rings is 1. The third-order valence-electron chi connectivity index (χ3n) is 1.11. The van der Waals surface area contributed by atoms with Gasteiger partial charge in [0.15, 0.2) is 0 Å². The molecule has 0 spiro atoms. The highest BCUT2D eigenvalue weighted by Gasteiger charge is 2.04. The Hall–Kier alpha value is -0.410. The van der Waals surface area contributed by atoms with Crippen molar-refractivity contribution in [2.45, 2.75) is 13.0 Å². The first-order valence-corrected chi connectivity index (χ1v) is 2.99. The monoisotopic (exact) mass is 131 g/mol. The van der Waals surface area contributed by atoms with Crippen molar-refractivity contribution in [1.29, 1.82) is 0 Å². The van der Waals surface area contributed by atoms with Gasteiger partial charge in [0.25, 0.3) is 0 Å². The van der Waals surface area contributed by atoms with Gasteiger partial charge in [0, 0.05) is 12.6 Å². The largest absolute Gasteiger partial charge is 0.379 e. The first-order valence-electron chi connectivity index (χ1n) is 2.99. The van der Waals surface area contributed by atoms with Crippen molar-refractivity contribution in [2.24, 2.45) is 0 Å². The summed E-state index contributed by atoms with van der Waals surface area (Å²) in [6.45, 7) is 6.89. The zero-order valence-electron chi connectivity index (χ0n) is 5.72. The van der Waals surface area contributed by atoms with Gasteiger partial charge in [0.1, 0.15) is 6.79 Å². The molecular weight excluding hydrogens is 118 g/mol. The lowest BCUT2D eigenvalue weighted by molar-refractivity contribution is -0.0979. The molecule has 1 rings (SSSR count). The molecule has 1 heterocycles. The number of nitrogens with one attached hydrogen (secondary N) is 1. The molecule has 0 saturated carbocycles. The van der Waals surface area contributed by atoms with Crippen LogP contribution in [-0.2, 0) is 9.53 Å². The maximum atomic E-state index is 8.00. The van der Waals surface area contributed by atoms with Gasteiger partial charge in [0.2, 0.25) is 0 Å². The highest BCUT2D eigenvalue weighted by Crippen LogP contribution is 1.88. The molecule has 3 heteroatoms. The molecule has 1 saturated heterocycles. The summed E-state index contributed by atoms with van der Waals surface area (Å²) < 4.78 is 5.12. The molecule has 0 unspecified atom stereocenters. The van der Waals surface area contributed by atoms with Crippen LogP contribution in [0.15, 0.2) is 0 Å². The lowest BCUT2D eigenvalue weighted by Crippen LogP contribution is -2.38. The van der Waals surface area contributed by atoms with Crippen LogP contribution in [0.3, 0.4) is 0 Å². The van der Waals surface area contributed by atoms with Crippen molar-refractivity contribution in [3.05, 3.63) is 0 Å².